The third-order valence-corrected chi connectivity index (χ3v) is 6.92. The van der Waals surface area contributed by atoms with Crippen molar-refractivity contribution in [2.24, 2.45) is 0 Å². The molecule has 0 unspecified atom stereocenters. The maximum atomic E-state index is 12.8. The van der Waals surface area contributed by atoms with Gasteiger partial charge in [-0.25, -0.2) is 9.97 Å². The zero-order chi connectivity index (χ0) is 20.3. The molecule has 5 rings (SSSR count). The molecular weight excluding hydrogens is 400 g/mol. The average molecular weight is 429 g/mol. The highest BCUT2D eigenvalue weighted by Crippen LogP contribution is 2.41. The lowest BCUT2D eigenvalue weighted by molar-refractivity contribution is -0.128. The molecule has 0 bridgehead atoms. The summed E-state index contributed by atoms with van der Waals surface area (Å²) >= 11 is 1.53. The Morgan fingerprint density at radius 1 is 0.933 bits per heavy atom. The van der Waals surface area contributed by atoms with Crippen LogP contribution < -0.4 is 9.80 Å². The Morgan fingerprint density at radius 2 is 1.67 bits per heavy atom. The molecule has 1 aliphatic carbocycles. The van der Waals surface area contributed by atoms with E-state index in [1.807, 2.05) is 11.0 Å². The number of carbonyl (C=O) groups is 1. The van der Waals surface area contributed by atoms with Gasteiger partial charge in [0.05, 0.1) is 5.75 Å². The molecule has 30 heavy (non-hydrogen) atoms. The molecule has 2 aromatic heterocycles. The molecule has 1 saturated carbocycles. The molecule has 0 spiro atoms. The summed E-state index contributed by atoms with van der Waals surface area (Å²) in [6, 6.07) is 2.32. The first-order chi connectivity index (χ1) is 14.8. The van der Waals surface area contributed by atoms with Crippen molar-refractivity contribution in [3.63, 3.8) is 0 Å². The second-order valence-electron chi connectivity index (χ2n) is 8.14. The lowest BCUT2D eigenvalue weighted by Gasteiger charge is -2.34. The summed E-state index contributed by atoms with van der Waals surface area (Å²) in [5.41, 5.74) is 0. The molecule has 2 aliphatic heterocycles. The summed E-state index contributed by atoms with van der Waals surface area (Å²) < 4.78 is 2.29. The van der Waals surface area contributed by atoms with Gasteiger partial charge in [-0.3, -0.25) is 9.36 Å². The number of thioether (sulfide) groups is 1. The Hall–Kier alpha value is -2.36. The van der Waals surface area contributed by atoms with Crippen molar-refractivity contribution in [2.75, 3.05) is 54.8 Å². The van der Waals surface area contributed by atoms with E-state index in [-0.39, 0.29) is 5.91 Å². The van der Waals surface area contributed by atoms with Crippen molar-refractivity contribution >= 4 is 29.6 Å². The fraction of sp³-hybridized carbons (Fsp3) is 0.650. The minimum absolute atomic E-state index is 0.165. The Labute approximate surface area is 180 Å². The smallest absolute Gasteiger partial charge is 0.233 e. The molecule has 3 fully saturated rings. The van der Waals surface area contributed by atoms with Crippen molar-refractivity contribution in [2.45, 2.75) is 43.3 Å². The lowest BCUT2D eigenvalue weighted by atomic mass is 10.1. The standard InChI is InChI=1S/C20H28N8OS/c29-17(25-11-13-26(14-12-25)18-21-7-4-8-22-18)15-30-20-24-23-19(28(20)16-5-6-16)27-9-2-1-3-10-27/h4,7-8,16H,1-3,5-6,9-15H2. The van der Waals surface area contributed by atoms with Crippen molar-refractivity contribution in [3.8, 4) is 0 Å². The summed E-state index contributed by atoms with van der Waals surface area (Å²) in [7, 11) is 0. The van der Waals surface area contributed by atoms with Gasteiger partial charge < -0.3 is 14.7 Å². The molecule has 4 heterocycles. The first kappa shape index (κ1) is 19.6. The summed E-state index contributed by atoms with van der Waals surface area (Å²) in [5, 5.41) is 9.86. The van der Waals surface area contributed by atoms with Gasteiger partial charge in [0, 0.05) is 57.7 Å². The second-order valence-corrected chi connectivity index (χ2v) is 9.08. The largest absolute Gasteiger partial charge is 0.341 e. The molecule has 3 aliphatic rings. The minimum atomic E-state index is 0.165. The number of nitrogens with zero attached hydrogens (tertiary/aromatic N) is 8. The van der Waals surface area contributed by atoms with Crippen LogP contribution in [0.25, 0.3) is 0 Å². The fourth-order valence-electron chi connectivity index (χ4n) is 4.16. The van der Waals surface area contributed by atoms with E-state index in [0.717, 1.165) is 43.2 Å². The van der Waals surface area contributed by atoms with Gasteiger partial charge in [-0.15, -0.1) is 10.2 Å². The third kappa shape index (κ3) is 4.23. The van der Waals surface area contributed by atoms with Crippen molar-refractivity contribution in [3.05, 3.63) is 18.5 Å². The van der Waals surface area contributed by atoms with E-state index in [0.29, 0.717) is 24.9 Å². The Balaban J connectivity index is 1.17. The lowest BCUT2D eigenvalue weighted by Crippen LogP contribution is -2.49. The van der Waals surface area contributed by atoms with Gasteiger partial charge in [-0.05, 0) is 38.2 Å². The van der Waals surface area contributed by atoms with Gasteiger partial charge in [0.2, 0.25) is 17.8 Å². The number of rotatable bonds is 6. The average Bonchev–Trinajstić information content (AvgIpc) is 3.57. The van der Waals surface area contributed by atoms with E-state index in [9.17, 15) is 4.79 Å². The van der Waals surface area contributed by atoms with Crippen LogP contribution in [0.3, 0.4) is 0 Å². The van der Waals surface area contributed by atoms with E-state index in [1.165, 1.54) is 43.9 Å². The van der Waals surface area contributed by atoms with Crippen molar-refractivity contribution in [1.29, 1.82) is 0 Å². The number of anilines is 2. The maximum Gasteiger partial charge on any atom is 0.233 e. The molecule has 0 atom stereocenters. The van der Waals surface area contributed by atoms with Crippen LogP contribution in [-0.4, -0.2) is 80.6 Å². The Bertz CT molecular complexity index is 857. The minimum Gasteiger partial charge on any atom is -0.341 e. The normalized spacial score (nSPS) is 19.9. The summed E-state index contributed by atoms with van der Waals surface area (Å²) in [6.45, 7) is 5.04. The van der Waals surface area contributed by atoms with Gasteiger partial charge in [-0.1, -0.05) is 11.8 Å². The van der Waals surface area contributed by atoms with Crippen molar-refractivity contribution < 1.29 is 4.79 Å². The van der Waals surface area contributed by atoms with Crippen LogP contribution in [0.4, 0.5) is 11.9 Å². The molecule has 10 heteroatoms. The zero-order valence-corrected chi connectivity index (χ0v) is 18.0. The fourth-order valence-corrected chi connectivity index (χ4v) is 5.06. The number of piperazine rings is 1. The predicted molar refractivity (Wildman–Crippen MR) is 116 cm³/mol. The molecule has 2 saturated heterocycles. The van der Waals surface area contributed by atoms with Crippen LogP contribution in [-0.2, 0) is 4.79 Å². The quantitative estimate of drug-likeness (QED) is 0.645. The molecule has 160 valence electrons. The number of piperidine rings is 1. The van der Waals surface area contributed by atoms with Crippen LogP contribution >= 0.6 is 11.8 Å². The van der Waals surface area contributed by atoms with Crippen LogP contribution in [0.15, 0.2) is 23.6 Å². The predicted octanol–water partition coefficient (Wildman–Crippen LogP) is 1.83. The van der Waals surface area contributed by atoms with E-state index < -0.39 is 0 Å². The number of aromatic nitrogens is 5. The number of hydrogen-bond acceptors (Lipinski definition) is 8. The zero-order valence-electron chi connectivity index (χ0n) is 17.2. The molecule has 1 amide bonds. The monoisotopic (exact) mass is 428 g/mol. The summed E-state index contributed by atoms with van der Waals surface area (Å²) in [5.74, 6) is 2.32. The number of carbonyl (C=O) groups excluding carboxylic acids is 1. The Morgan fingerprint density at radius 3 is 2.37 bits per heavy atom. The molecule has 2 aromatic rings. The van der Waals surface area contributed by atoms with E-state index in [1.54, 1.807) is 12.4 Å². The van der Waals surface area contributed by atoms with E-state index in [2.05, 4.69) is 34.5 Å². The summed E-state index contributed by atoms with van der Waals surface area (Å²) in [6.07, 6.45) is 9.62. The van der Waals surface area contributed by atoms with Gasteiger partial charge >= 0.3 is 0 Å². The Kier molecular flexibility index (Phi) is 5.74. The SMILES string of the molecule is O=C(CSc1nnc(N2CCCCC2)n1C1CC1)N1CCN(c2ncccn2)CC1. The first-order valence-electron chi connectivity index (χ1n) is 10.9. The van der Waals surface area contributed by atoms with Crippen LogP contribution in [0, 0.1) is 0 Å². The highest BCUT2D eigenvalue weighted by molar-refractivity contribution is 7.99. The van der Waals surface area contributed by atoms with E-state index in [4.69, 9.17) is 0 Å². The maximum absolute atomic E-state index is 12.8. The van der Waals surface area contributed by atoms with Gasteiger partial charge in [-0.2, -0.15) is 0 Å². The van der Waals surface area contributed by atoms with Gasteiger partial charge in [0.1, 0.15) is 0 Å². The van der Waals surface area contributed by atoms with Crippen LogP contribution in [0.2, 0.25) is 0 Å². The highest BCUT2D eigenvalue weighted by atomic mass is 32.2. The molecular formula is C20H28N8OS. The number of amides is 1. The van der Waals surface area contributed by atoms with Gasteiger partial charge in [0.15, 0.2) is 5.16 Å². The summed E-state index contributed by atoms with van der Waals surface area (Å²) in [4.78, 5) is 27.9. The molecule has 9 nitrogen and oxygen atoms in total. The number of hydrogen-bond donors (Lipinski definition) is 0. The first-order valence-corrected chi connectivity index (χ1v) is 11.9. The van der Waals surface area contributed by atoms with Crippen LogP contribution in [0.1, 0.15) is 38.1 Å². The topological polar surface area (TPSA) is 83.3 Å². The second kappa shape index (κ2) is 8.79. The van der Waals surface area contributed by atoms with Crippen molar-refractivity contribution in [1.82, 2.24) is 29.6 Å². The molecule has 0 N–H and O–H groups in total. The highest BCUT2D eigenvalue weighted by Gasteiger charge is 2.32. The third-order valence-electron chi connectivity index (χ3n) is 5.99. The molecule has 0 aromatic carbocycles. The van der Waals surface area contributed by atoms with Gasteiger partial charge in [0.25, 0.3) is 0 Å². The molecule has 0 radical (unpaired) electrons. The van der Waals surface area contributed by atoms with Crippen LogP contribution in [0.5, 0.6) is 0 Å². The van der Waals surface area contributed by atoms with E-state index >= 15 is 0 Å².